The van der Waals surface area contributed by atoms with Crippen LogP contribution in [0.5, 0.6) is 0 Å². The fourth-order valence-corrected chi connectivity index (χ4v) is 11.0. The molecule has 6 rings (SSSR count). The van der Waals surface area contributed by atoms with Gasteiger partial charge in [-0.2, -0.15) is 0 Å². The Balaban J connectivity index is 1.22. The third-order valence-electron chi connectivity index (χ3n) is 13.9. The fourth-order valence-electron chi connectivity index (χ4n) is 11.0. The van der Waals surface area contributed by atoms with E-state index in [9.17, 15) is 9.90 Å². The third kappa shape index (κ3) is 4.98. The second-order valence-electron chi connectivity index (χ2n) is 16.9. The average molecular weight is 561 g/mol. The zero-order chi connectivity index (χ0) is 28.7. The van der Waals surface area contributed by atoms with Crippen LogP contribution >= 0.6 is 0 Å². The van der Waals surface area contributed by atoms with Crippen LogP contribution in [-0.4, -0.2) is 135 Å². The number of quaternary nitrogens is 2. The molecule has 0 unspecified atom stereocenters. The van der Waals surface area contributed by atoms with E-state index in [1.165, 1.54) is 64.7 Å². The van der Waals surface area contributed by atoms with Gasteiger partial charge in [0.2, 0.25) is 0 Å². The summed E-state index contributed by atoms with van der Waals surface area (Å²) in [4.78, 5) is 17.6. The number of carbonyl (C=O) groups excluding carboxylic acids is 1. The van der Waals surface area contributed by atoms with Crippen LogP contribution in [0.4, 0.5) is 0 Å². The lowest BCUT2D eigenvalue weighted by molar-refractivity contribution is -0.894. The van der Waals surface area contributed by atoms with Gasteiger partial charge in [0.05, 0.1) is 60.5 Å². The van der Waals surface area contributed by atoms with E-state index in [0.29, 0.717) is 29.3 Å². The number of aliphatic hydroxyl groups excluding tert-OH is 1. The first kappa shape index (κ1) is 29.3. The largest absolute Gasteiger partial charge is 0.461 e. The standard InChI is InChI=1S/C33H60N4O3/c1-23(38)40-30-20-24-8-9-25-26(33(24,3)22-29(30)35-14-18-37(6,7)19-15-35)10-11-32(2)27(25)21-28(31(32)39)34-12-16-36(4,5)17-13-34/h24-31,39H,8-22H2,1-7H3/q+2/t24-,25+,26-,27-,28-,29-,30-,31-,32-,33-/m0/s1. The van der Waals surface area contributed by atoms with Crippen molar-refractivity contribution >= 4 is 5.97 Å². The summed E-state index contributed by atoms with van der Waals surface area (Å²) in [6.07, 6.45) is 8.21. The molecule has 0 aromatic rings. The van der Waals surface area contributed by atoms with Gasteiger partial charge in [0, 0.05) is 45.2 Å². The minimum Gasteiger partial charge on any atom is -0.461 e. The second kappa shape index (κ2) is 10.2. The van der Waals surface area contributed by atoms with E-state index in [0.717, 1.165) is 53.4 Å². The van der Waals surface area contributed by atoms with Crippen molar-refractivity contribution in [3.63, 3.8) is 0 Å². The highest BCUT2D eigenvalue weighted by Crippen LogP contribution is 2.67. The summed E-state index contributed by atoms with van der Waals surface area (Å²) in [7, 11) is 9.38. The summed E-state index contributed by atoms with van der Waals surface area (Å²) in [6.45, 7) is 15.8. The van der Waals surface area contributed by atoms with Crippen molar-refractivity contribution in [1.29, 1.82) is 0 Å². The highest BCUT2D eigenvalue weighted by molar-refractivity contribution is 5.66. The molecule has 2 aliphatic heterocycles. The first-order valence-electron chi connectivity index (χ1n) is 16.7. The zero-order valence-electron chi connectivity index (χ0n) is 26.8. The maximum absolute atomic E-state index is 12.2. The van der Waals surface area contributed by atoms with Crippen molar-refractivity contribution in [2.75, 3.05) is 80.5 Å². The molecule has 0 amide bonds. The number of aliphatic hydroxyl groups is 1. The monoisotopic (exact) mass is 560 g/mol. The molecule has 0 aromatic carbocycles. The molecule has 0 spiro atoms. The van der Waals surface area contributed by atoms with Crippen molar-refractivity contribution < 1.29 is 23.6 Å². The van der Waals surface area contributed by atoms with Gasteiger partial charge in [-0.15, -0.1) is 0 Å². The Morgan fingerprint density at radius 3 is 1.95 bits per heavy atom. The van der Waals surface area contributed by atoms with Crippen LogP contribution < -0.4 is 0 Å². The molecule has 0 bridgehead atoms. The van der Waals surface area contributed by atoms with Gasteiger partial charge in [0.1, 0.15) is 6.10 Å². The molecule has 4 saturated carbocycles. The maximum Gasteiger partial charge on any atom is 0.302 e. The van der Waals surface area contributed by atoms with Crippen molar-refractivity contribution in [1.82, 2.24) is 9.80 Å². The van der Waals surface area contributed by atoms with E-state index >= 15 is 0 Å². The Morgan fingerprint density at radius 1 is 0.800 bits per heavy atom. The van der Waals surface area contributed by atoms with Crippen LogP contribution in [0.2, 0.25) is 0 Å². The molecule has 6 aliphatic rings. The van der Waals surface area contributed by atoms with E-state index < -0.39 is 0 Å². The molecule has 1 N–H and O–H groups in total. The Hall–Kier alpha value is -0.730. The maximum atomic E-state index is 12.2. The SMILES string of the molecule is CC(=O)O[C@H]1C[C@@H]2CC[C@@H]3[C@H](CC[C@]4(C)[C@@H](O)[C@@H](N5CC[N+](C)(C)CC5)C[C@@H]34)[C@@]2(C)C[C@@H]1N1CC[N+](C)(C)CC1. The van der Waals surface area contributed by atoms with Gasteiger partial charge in [-0.3, -0.25) is 14.6 Å². The number of hydrogen-bond donors (Lipinski definition) is 1. The molecule has 7 nitrogen and oxygen atoms in total. The van der Waals surface area contributed by atoms with Gasteiger partial charge < -0.3 is 18.8 Å². The lowest BCUT2D eigenvalue weighted by atomic mass is 9.44. The molecule has 6 fully saturated rings. The zero-order valence-corrected chi connectivity index (χ0v) is 26.8. The van der Waals surface area contributed by atoms with E-state index in [1.807, 2.05) is 0 Å². The molecule has 0 radical (unpaired) electrons. The van der Waals surface area contributed by atoms with Crippen molar-refractivity contribution in [3.05, 3.63) is 0 Å². The van der Waals surface area contributed by atoms with E-state index in [-0.39, 0.29) is 23.6 Å². The number of carbonyl (C=O) groups is 1. The van der Waals surface area contributed by atoms with E-state index in [1.54, 1.807) is 6.92 Å². The number of hydrogen-bond acceptors (Lipinski definition) is 5. The predicted octanol–water partition coefficient (Wildman–Crippen LogP) is 3.06. The first-order valence-corrected chi connectivity index (χ1v) is 16.7. The number of likely N-dealkylation sites (N-methyl/N-ethyl adjacent to an activating group) is 2. The molecule has 0 aromatic heterocycles. The number of ether oxygens (including phenoxy) is 1. The number of esters is 1. The van der Waals surface area contributed by atoms with Crippen molar-refractivity contribution in [3.8, 4) is 0 Å². The van der Waals surface area contributed by atoms with Gasteiger partial charge in [-0.1, -0.05) is 13.8 Å². The Morgan fingerprint density at radius 2 is 1.38 bits per heavy atom. The number of fused-ring (bicyclic) bond motifs is 5. The second-order valence-corrected chi connectivity index (χ2v) is 16.9. The molecule has 7 heteroatoms. The minimum atomic E-state index is -0.194. The third-order valence-corrected chi connectivity index (χ3v) is 13.9. The topological polar surface area (TPSA) is 53.0 Å². The van der Waals surface area contributed by atoms with Gasteiger partial charge >= 0.3 is 5.97 Å². The normalized spacial score (nSPS) is 49.0. The highest BCUT2D eigenvalue weighted by atomic mass is 16.5. The summed E-state index contributed by atoms with van der Waals surface area (Å²) >= 11 is 0. The number of rotatable bonds is 3. The summed E-state index contributed by atoms with van der Waals surface area (Å²) in [6, 6.07) is 0.677. The Bertz CT molecular complexity index is 951. The summed E-state index contributed by atoms with van der Waals surface area (Å²) in [5.74, 6) is 2.61. The van der Waals surface area contributed by atoms with Crippen LogP contribution in [0.1, 0.15) is 65.7 Å². The molecule has 10 atom stereocenters. The lowest BCUT2D eigenvalue weighted by Crippen LogP contribution is -2.64. The predicted molar refractivity (Wildman–Crippen MR) is 158 cm³/mol. The van der Waals surface area contributed by atoms with Crippen LogP contribution in [0.3, 0.4) is 0 Å². The van der Waals surface area contributed by atoms with Gasteiger partial charge in [0.25, 0.3) is 0 Å². The minimum absolute atomic E-state index is 0.0362. The smallest absolute Gasteiger partial charge is 0.302 e. The molecule has 4 aliphatic carbocycles. The van der Waals surface area contributed by atoms with Gasteiger partial charge in [-0.05, 0) is 79.4 Å². The first-order chi connectivity index (χ1) is 18.7. The molecular weight excluding hydrogens is 500 g/mol. The summed E-state index contributed by atoms with van der Waals surface area (Å²) < 4.78 is 8.30. The van der Waals surface area contributed by atoms with Crippen LogP contribution in [0.25, 0.3) is 0 Å². The summed E-state index contributed by atoms with van der Waals surface area (Å²) in [5, 5.41) is 11.9. The van der Waals surface area contributed by atoms with Crippen LogP contribution in [0, 0.1) is 34.5 Å². The van der Waals surface area contributed by atoms with E-state index in [4.69, 9.17) is 4.74 Å². The number of nitrogens with zero attached hydrogens (tertiary/aromatic N) is 4. The fraction of sp³-hybridized carbons (Fsp3) is 0.970. The Kier molecular flexibility index (Phi) is 7.47. The molecular formula is C33H60N4O3+2. The van der Waals surface area contributed by atoms with Crippen molar-refractivity contribution in [2.24, 2.45) is 34.5 Å². The molecule has 40 heavy (non-hydrogen) atoms. The average Bonchev–Trinajstić information content (AvgIpc) is 3.14. The quantitative estimate of drug-likeness (QED) is 0.425. The van der Waals surface area contributed by atoms with Crippen molar-refractivity contribution in [2.45, 2.75) is 90.0 Å². The highest BCUT2D eigenvalue weighted by Gasteiger charge is 2.64. The molecule has 2 heterocycles. The molecule has 228 valence electrons. The molecule has 2 saturated heterocycles. The van der Waals surface area contributed by atoms with Gasteiger partial charge in [-0.25, -0.2) is 0 Å². The lowest BCUT2D eigenvalue weighted by Gasteiger charge is -2.62. The van der Waals surface area contributed by atoms with Crippen LogP contribution in [0.15, 0.2) is 0 Å². The number of piperazine rings is 2. The van der Waals surface area contributed by atoms with Crippen LogP contribution in [-0.2, 0) is 9.53 Å². The Labute approximate surface area is 244 Å². The summed E-state index contributed by atoms with van der Waals surface area (Å²) in [5.41, 5.74) is 0.352. The van der Waals surface area contributed by atoms with E-state index in [2.05, 4.69) is 51.8 Å². The van der Waals surface area contributed by atoms with Gasteiger partial charge in [0.15, 0.2) is 0 Å².